The Balaban J connectivity index is 1.80. The van der Waals surface area contributed by atoms with E-state index in [4.69, 9.17) is 0 Å². The van der Waals surface area contributed by atoms with E-state index in [2.05, 4.69) is 11.8 Å². The van der Waals surface area contributed by atoms with E-state index in [9.17, 15) is 9.90 Å². The minimum Gasteiger partial charge on any atom is -0.393 e. The van der Waals surface area contributed by atoms with Crippen molar-refractivity contribution in [1.29, 1.82) is 0 Å². The number of aliphatic hydroxyl groups is 1. The van der Waals surface area contributed by atoms with Crippen molar-refractivity contribution in [3.8, 4) is 0 Å². The predicted molar refractivity (Wildman–Crippen MR) is 66.7 cm³/mol. The van der Waals surface area contributed by atoms with Crippen LogP contribution in [0, 0.1) is 5.92 Å². The number of rotatable bonds is 3. The van der Waals surface area contributed by atoms with Gasteiger partial charge in [-0.2, -0.15) is 0 Å². The lowest BCUT2D eigenvalue weighted by atomic mass is 9.92. The number of likely N-dealkylation sites (tertiary alicyclic amines) is 2. The highest BCUT2D eigenvalue weighted by Gasteiger charge is 2.28. The van der Waals surface area contributed by atoms with Crippen molar-refractivity contribution >= 4 is 5.91 Å². The number of hydrogen-bond donors (Lipinski definition) is 1. The normalized spacial score (nSPS) is 30.8. The van der Waals surface area contributed by atoms with Crippen LogP contribution in [0.25, 0.3) is 0 Å². The third-order valence-electron chi connectivity index (χ3n) is 4.12. The smallest absolute Gasteiger partial charge is 0.236 e. The monoisotopic (exact) mass is 240 g/mol. The zero-order valence-corrected chi connectivity index (χ0v) is 10.8. The lowest BCUT2D eigenvalue weighted by molar-refractivity contribution is -0.132. The molecule has 0 aromatic carbocycles. The predicted octanol–water partition coefficient (Wildman–Crippen LogP) is 0.702. The molecule has 0 aliphatic carbocycles. The molecule has 2 atom stereocenters. The van der Waals surface area contributed by atoms with Gasteiger partial charge in [-0.15, -0.1) is 0 Å². The SMILES string of the molecule is CCC1CN(CC(=O)N2CCCC2)CCC1O. The van der Waals surface area contributed by atoms with Crippen molar-refractivity contribution in [3.05, 3.63) is 0 Å². The summed E-state index contributed by atoms with van der Waals surface area (Å²) in [7, 11) is 0. The standard InChI is InChI=1S/C13H24N2O2/c1-2-11-9-14(8-5-12(11)16)10-13(17)15-6-3-4-7-15/h11-12,16H,2-10H2,1H3. The molecule has 1 N–H and O–H groups in total. The maximum absolute atomic E-state index is 12.0. The van der Waals surface area contributed by atoms with Crippen molar-refractivity contribution in [2.24, 2.45) is 5.92 Å². The summed E-state index contributed by atoms with van der Waals surface area (Å²) >= 11 is 0. The number of piperidine rings is 1. The second-order valence-corrected chi connectivity index (χ2v) is 5.35. The fourth-order valence-corrected chi connectivity index (χ4v) is 2.90. The van der Waals surface area contributed by atoms with Crippen molar-refractivity contribution in [2.45, 2.75) is 38.7 Å². The Morgan fingerprint density at radius 2 is 2.00 bits per heavy atom. The van der Waals surface area contributed by atoms with E-state index >= 15 is 0 Å². The van der Waals surface area contributed by atoms with Crippen LogP contribution in [0.1, 0.15) is 32.6 Å². The Morgan fingerprint density at radius 3 is 2.65 bits per heavy atom. The minimum absolute atomic E-state index is 0.168. The molecule has 1 amide bonds. The number of aliphatic hydroxyl groups excluding tert-OH is 1. The second kappa shape index (κ2) is 5.83. The molecular weight excluding hydrogens is 216 g/mol. The average molecular weight is 240 g/mol. The summed E-state index contributed by atoms with van der Waals surface area (Å²) in [5.74, 6) is 0.615. The van der Waals surface area contributed by atoms with Crippen LogP contribution >= 0.6 is 0 Å². The molecule has 0 bridgehead atoms. The van der Waals surface area contributed by atoms with E-state index in [-0.39, 0.29) is 12.0 Å². The van der Waals surface area contributed by atoms with Gasteiger partial charge in [-0.3, -0.25) is 9.69 Å². The minimum atomic E-state index is -0.168. The molecule has 0 saturated carbocycles. The van der Waals surface area contributed by atoms with E-state index in [0.717, 1.165) is 51.9 Å². The van der Waals surface area contributed by atoms with Gasteiger partial charge in [0, 0.05) is 26.2 Å². The summed E-state index contributed by atoms with van der Waals surface area (Å²) in [6, 6.07) is 0. The van der Waals surface area contributed by atoms with E-state index in [1.54, 1.807) is 0 Å². The molecule has 2 aliphatic heterocycles. The van der Waals surface area contributed by atoms with Crippen molar-refractivity contribution in [3.63, 3.8) is 0 Å². The highest BCUT2D eigenvalue weighted by atomic mass is 16.3. The van der Waals surface area contributed by atoms with Crippen LogP contribution < -0.4 is 0 Å². The molecule has 0 aromatic heterocycles. The highest BCUT2D eigenvalue weighted by Crippen LogP contribution is 2.20. The first-order valence-corrected chi connectivity index (χ1v) is 6.89. The Morgan fingerprint density at radius 1 is 1.29 bits per heavy atom. The Kier molecular flexibility index (Phi) is 4.40. The van der Waals surface area contributed by atoms with Gasteiger partial charge in [-0.1, -0.05) is 6.92 Å². The number of hydrogen-bond acceptors (Lipinski definition) is 3. The molecule has 2 rings (SSSR count). The van der Waals surface area contributed by atoms with Crippen LogP contribution in [0.15, 0.2) is 0 Å². The van der Waals surface area contributed by atoms with Gasteiger partial charge in [-0.25, -0.2) is 0 Å². The largest absolute Gasteiger partial charge is 0.393 e. The highest BCUT2D eigenvalue weighted by molar-refractivity contribution is 5.78. The summed E-state index contributed by atoms with van der Waals surface area (Å²) in [5, 5.41) is 9.81. The number of carbonyl (C=O) groups excluding carboxylic acids is 1. The quantitative estimate of drug-likeness (QED) is 0.790. The van der Waals surface area contributed by atoms with Crippen LogP contribution in [-0.2, 0) is 4.79 Å². The number of amides is 1. The molecule has 2 fully saturated rings. The maximum Gasteiger partial charge on any atom is 0.236 e. The fourth-order valence-electron chi connectivity index (χ4n) is 2.90. The Hall–Kier alpha value is -0.610. The maximum atomic E-state index is 12.0. The molecule has 2 heterocycles. The fraction of sp³-hybridized carbons (Fsp3) is 0.923. The first-order valence-electron chi connectivity index (χ1n) is 6.89. The summed E-state index contributed by atoms with van der Waals surface area (Å²) in [6.07, 6.45) is 3.95. The molecule has 4 heteroatoms. The summed E-state index contributed by atoms with van der Waals surface area (Å²) in [6.45, 7) is 6.26. The lowest BCUT2D eigenvalue weighted by Gasteiger charge is -2.36. The summed E-state index contributed by atoms with van der Waals surface area (Å²) in [4.78, 5) is 16.2. The van der Waals surface area contributed by atoms with Gasteiger partial charge < -0.3 is 10.0 Å². The lowest BCUT2D eigenvalue weighted by Crippen LogP contribution is -2.47. The topological polar surface area (TPSA) is 43.8 Å². The van der Waals surface area contributed by atoms with E-state index in [1.165, 1.54) is 0 Å². The van der Waals surface area contributed by atoms with Gasteiger partial charge in [-0.05, 0) is 31.6 Å². The molecule has 2 unspecified atom stereocenters. The number of nitrogens with zero attached hydrogens (tertiary/aromatic N) is 2. The van der Waals surface area contributed by atoms with Crippen molar-refractivity contribution < 1.29 is 9.90 Å². The third-order valence-corrected chi connectivity index (χ3v) is 4.12. The van der Waals surface area contributed by atoms with Gasteiger partial charge in [0.1, 0.15) is 0 Å². The molecule has 0 aromatic rings. The molecule has 17 heavy (non-hydrogen) atoms. The second-order valence-electron chi connectivity index (χ2n) is 5.35. The Bertz CT molecular complexity index is 264. The first-order chi connectivity index (χ1) is 8.20. The molecular formula is C13H24N2O2. The molecule has 2 saturated heterocycles. The summed E-state index contributed by atoms with van der Waals surface area (Å²) < 4.78 is 0. The molecule has 2 aliphatic rings. The Labute approximate surface area is 104 Å². The average Bonchev–Trinajstić information content (AvgIpc) is 2.85. The molecule has 4 nitrogen and oxygen atoms in total. The van der Waals surface area contributed by atoms with E-state index in [1.807, 2.05) is 4.90 Å². The third kappa shape index (κ3) is 3.19. The number of carbonyl (C=O) groups is 1. The molecule has 0 radical (unpaired) electrons. The van der Waals surface area contributed by atoms with Crippen molar-refractivity contribution in [2.75, 3.05) is 32.7 Å². The van der Waals surface area contributed by atoms with Gasteiger partial charge in [0.05, 0.1) is 12.6 Å². The molecule has 0 spiro atoms. The first kappa shape index (κ1) is 12.8. The van der Waals surface area contributed by atoms with Crippen LogP contribution in [-0.4, -0.2) is 59.6 Å². The van der Waals surface area contributed by atoms with Crippen LogP contribution in [0.2, 0.25) is 0 Å². The van der Waals surface area contributed by atoms with Crippen LogP contribution in [0.3, 0.4) is 0 Å². The zero-order chi connectivity index (χ0) is 12.3. The van der Waals surface area contributed by atoms with Gasteiger partial charge in [0.15, 0.2) is 0 Å². The molecule has 98 valence electrons. The van der Waals surface area contributed by atoms with Gasteiger partial charge in [0.2, 0.25) is 5.91 Å². The van der Waals surface area contributed by atoms with Crippen molar-refractivity contribution in [1.82, 2.24) is 9.80 Å². The van der Waals surface area contributed by atoms with E-state index < -0.39 is 0 Å². The zero-order valence-electron chi connectivity index (χ0n) is 10.8. The summed E-state index contributed by atoms with van der Waals surface area (Å²) in [5.41, 5.74) is 0. The van der Waals surface area contributed by atoms with Crippen LogP contribution in [0.4, 0.5) is 0 Å². The van der Waals surface area contributed by atoms with E-state index in [0.29, 0.717) is 12.5 Å². The van der Waals surface area contributed by atoms with Gasteiger partial charge in [0.25, 0.3) is 0 Å². The van der Waals surface area contributed by atoms with Gasteiger partial charge >= 0.3 is 0 Å². The van der Waals surface area contributed by atoms with Crippen LogP contribution in [0.5, 0.6) is 0 Å².